The first kappa shape index (κ1) is 7.75. The van der Waals surface area contributed by atoms with Crippen molar-refractivity contribution in [3.8, 4) is 34.5 Å². The van der Waals surface area contributed by atoms with Gasteiger partial charge in [0.05, 0.1) is 55.8 Å². The third-order valence-electron chi connectivity index (χ3n) is 5.39. The summed E-state index contributed by atoms with van der Waals surface area (Å²) in [5, 5.41) is -4.86. The molecule has 0 aliphatic heterocycles. The minimum atomic E-state index is -4.22. The van der Waals surface area contributed by atoms with Crippen molar-refractivity contribution in [2.45, 2.75) is 79.3 Å². The monoisotopic (exact) mass is 619 g/mol. The van der Waals surface area contributed by atoms with Gasteiger partial charge in [0.2, 0.25) is 0 Å². The van der Waals surface area contributed by atoms with E-state index in [0.29, 0.717) is 36.4 Å². The predicted octanol–water partition coefficient (Wildman–Crippen LogP) is 9.88. The van der Waals surface area contributed by atoms with Crippen molar-refractivity contribution in [2.24, 2.45) is 0 Å². The minimum absolute atomic E-state index is 0.398. The van der Waals surface area contributed by atoms with E-state index < -0.39 is 186 Å². The first-order valence-corrected chi connectivity index (χ1v) is 11.2. The van der Waals surface area contributed by atoms with Gasteiger partial charge in [-0.3, -0.25) is 0 Å². The van der Waals surface area contributed by atoms with Gasteiger partial charge in [0.15, 0.2) is 34.5 Å². The number of fused-ring (bicyclic) bond motifs is 6. The molecule has 0 N–H and O–H groups in total. The van der Waals surface area contributed by atoms with E-state index in [-0.39, 0.29) is 0 Å². The van der Waals surface area contributed by atoms with Crippen LogP contribution in [0.2, 0.25) is 0 Å². The van der Waals surface area contributed by atoms with Crippen molar-refractivity contribution in [1.82, 2.24) is 0 Å². The van der Waals surface area contributed by atoms with Crippen LogP contribution in [-0.2, 0) is 0 Å². The van der Waals surface area contributed by atoms with Gasteiger partial charge in [-0.05, 0) is 107 Å². The third-order valence-corrected chi connectivity index (χ3v) is 5.39. The fraction of sp³-hybridized carbons (Fsp3) is 0.500. The molecule has 0 spiro atoms. The molecule has 4 aromatic rings. The van der Waals surface area contributed by atoms with Crippen molar-refractivity contribution in [1.29, 1.82) is 0 Å². The number of rotatable bonds is 18. The molecule has 0 amide bonds. The Morgan fingerprint density at radius 2 is 0.524 bits per heavy atom. The summed E-state index contributed by atoms with van der Waals surface area (Å²) in [7, 11) is 0. The molecule has 0 atom stereocenters. The summed E-state index contributed by atoms with van der Waals surface area (Å²) < 4.78 is 371. The molecule has 4 aromatic carbocycles. The van der Waals surface area contributed by atoms with Crippen LogP contribution in [0.15, 0.2) is 36.4 Å². The number of ether oxygens (including phenoxy) is 6. The van der Waals surface area contributed by atoms with Crippen LogP contribution in [0.1, 0.15) is 137 Å². The molecule has 228 valence electrons. The molecule has 0 aromatic heterocycles. The lowest BCUT2D eigenvalue weighted by Crippen LogP contribution is -2.03. The van der Waals surface area contributed by atoms with Crippen LogP contribution in [0.4, 0.5) is 0 Å². The zero-order valence-electron chi connectivity index (χ0n) is 62.9. The highest BCUT2D eigenvalue weighted by molar-refractivity contribution is 6.26. The van der Waals surface area contributed by atoms with E-state index >= 15 is 0 Å². The first-order chi connectivity index (χ1) is 36.5. The van der Waals surface area contributed by atoms with Gasteiger partial charge in [0.25, 0.3) is 0 Å². The topological polar surface area (TPSA) is 55.4 Å². The summed E-state index contributed by atoms with van der Waals surface area (Å²) >= 11 is 0. The number of hydrogen-bond donors (Lipinski definition) is 0. The normalized spacial score (nSPS) is 32.0. The van der Waals surface area contributed by atoms with E-state index in [2.05, 4.69) is 0 Å². The standard InChI is InChI=1S/C36H48O6/c1-7-13-37-31-19-25-26(20-32(31)38-14-8-2)28-22-34(40-16-10-4)36(42-18-12-6)24-30(28)29-23-35(41-17-11-5)33(21-27(25)29)39-15-9-3/h19-24H,7-18H2,1-6H3/i1D3,2D3,3D3,4D3,5D3,6D3,7D2,8D2,9D2,10D2,11D2,12D2,13D2,14D2,15D2,16D2,17D2,18D2. The average molecular weight is 619 g/mol. The Labute approximate surface area is 310 Å². The molecule has 4 rings (SSSR count). The highest BCUT2D eigenvalue weighted by atomic mass is 16.5. The lowest BCUT2D eigenvalue weighted by Gasteiger charge is -2.20. The minimum Gasteiger partial charge on any atom is -0.490 e. The lowest BCUT2D eigenvalue weighted by atomic mass is 9.93. The second-order valence-corrected chi connectivity index (χ2v) is 7.51. The van der Waals surface area contributed by atoms with Crippen LogP contribution in [0.3, 0.4) is 0 Å². The summed E-state index contributed by atoms with van der Waals surface area (Å²) in [6.45, 7) is -49.2. The largest absolute Gasteiger partial charge is 0.490 e. The fourth-order valence-electron chi connectivity index (χ4n) is 3.98. The molecular formula is C36H48O6. The lowest BCUT2D eigenvalue weighted by molar-refractivity contribution is 0.268. The molecule has 42 heavy (non-hydrogen) atoms. The second-order valence-electron chi connectivity index (χ2n) is 7.51. The Morgan fingerprint density at radius 3 is 0.667 bits per heavy atom. The summed E-state index contributed by atoms with van der Waals surface area (Å²) in [5.41, 5.74) is 0. The summed E-state index contributed by atoms with van der Waals surface area (Å²) in [4.78, 5) is 0. The summed E-state index contributed by atoms with van der Waals surface area (Å²) in [5.74, 6) is -8.81. The average Bonchev–Trinajstić information content (AvgIpc) is 1.01. The molecule has 0 saturated heterocycles. The third kappa shape index (κ3) is 7.08. The molecule has 0 saturated carbocycles. The Hall–Kier alpha value is -3.54. The van der Waals surface area contributed by atoms with Gasteiger partial charge < -0.3 is 28.4 Å². The molecule has 0 radical (unpaired) electrons. The number of hydrogen-bond acceptors (Lipinski definition) is 6. The van der Waals surface area contributed by atoms with Gasteiger partial charge >= 0.3 is 0 Å². The van der Waals surface area contributed by atoms with Crippen LogP contribution in [0.5, 0.6) is 34.5 Å². The number of benzene rings is 4. The van der Waals surface area contributed by atoms with Crippen LogP contribution in [-0.4, -0.2) is 39.4 Å². The first-order valence-electron chi connectivity index (χ1n) is 32.2. The van der Waals surface area contributed by atoms with Crippen molar-refractivity contribution in [2.75, 3.05) is 39.4 Å². The van der Waals surface area contributed by atoms with Gasteiger partial charge in [0, 0.05) is 41.1 Å². The fourth-order valence-corrected chi connectivity index (χ4v) is 3.98. The zero-order chi connectivity index (χ0) is 66.4. The van der Waals surface area contributed by atoms with E-state index in [1.807, 2.05) is 0 Å². The molecular weight excluding hydrogens is 528 g/mol. The van der Waals surface area contributed by atoms with Crippen LogP contribution in [0.25, 0.3) is 32.3 Å². The van der Waals surface area contributed by atoms with E-state index in [1.165, 1.54) is 0 Å². The molecule has 6 nitrogen and oxygen atoms in total. The summed E-state index contributed by atoms with van der Waals surface area (Å²) in [6.07, 6.45) is -24.9. The van der Waals surface area contributed by atoms with Crippen molar-refractivity contribution in [3.05, 3.63) is 36.4 Å². The summed E-state index contributed by atoms with van der Waals surface area (Å²) in [6, 6.07) is 2.39. The van der Waals surface area contributed by atoms with Gasteiger partial charge in [0.1, 0.15) is 0 Å². The maximum Gasteiger partial charge on any atom is 0.161 e. The van der Waals surface area contributed by atoms with Crippen LogP contribution >= 0.6 is 0 Å². The van der Waals surface area contributed by atoms with Crippen molar-refractivity contribution in [3.63, 3.8) is 0 Å². The molecule has 0 aliphatic carbocycles. The quantitative estimate of drug-likeness (QED) is 0.103. The van der Waals surface area contributed by atoms with E-state index in [0.717, 1.165) is 0 Å². The van der Waals surface area contributed by atoms with Gasteiger partial charge in [-0.15, -0.1) is 0 Å². The van der Waals surface area contributed by atoms with Gasteiger partial charge in [-0.25, -0.2) is 0 Å². The highest BCUT2D eigenvalue weighted by Gasteiger charge is 2.20. The highest BCUT2D eigenvalue weighted by Crippen LogP contribution is 2.47. The molecule has 0 unspecified atom stereocenters. The Morgan fingerprint density at radius 1 is 0.357 bits per heavy atom. The van der Waals surface area contributed by atoms with Crippen LogP contribution < -0.4 is 28.4 Å². The van der Waals surface area contributed by atoms with E-state index in [9.17, 15) is 0 Å². The second kappa shape index (κ2) is 15.6. The zero-order valence-corrected chi connectivity index (χ0v) is 20.9. The Bertz CT molecular complexity index is 2560. The molecule has 0 heterocycles. The molecule has 6 heteroatoms. The Kier molecular flexibility index (Phi) is 2.88. The predicted molar refractivity (Wildman–Crippen MR) is 174 cm³/mol. The van der Waals surface area contributed by atoms with Gasteiger partial charge in [-0.2, -0.15) is 0 Å². The molecule has 0 bridgehead atoms. The molecule has 0 fully saturated rings. The van der Waals surface area contributed by atoms with Crippen LogP contribution in [0, 0.1) is 0 Å². The van der Waals surface area contributed by atoms with Crippen molar-refractivity contribution >= 4 is 32.3 Å². The van der Waals surface area contributed by atoms with E-state index in [4.69, 9.17) is 86.0 Å². The van der Waals surface area contributed by atoms with Gasteiger partial charge in [-0.1, -0.05) is 41.1 Å². The smallest absolute Gasteiger partial charge is 0.161 e. The maximum absolute atomic E-state index is 8.51. The SMILES string of the molecule is [2H]C([2H])([2H])C([2H])([2H])C([2H])([2H])Oc1cc2c3cc(OC([2H])([2H])C([2H])([2H])C([2H])([2H])[2H])c(OC([2H])([2H])C([2H])([2H])C([2H])([2H])[2H])cc3c3cc(OC([2H])([2H])C([2H])([2H])C([2H])([2H])[2H])c(OC([2H])([2H])C([2H])([2H])C([2H])([2H])[2H])cc3c2cc1OC([2H])([2H])C([2H])([2H])C([2H])([2H])[2H]. The van der Waals surface area contributed by atoms with E-state index in [1.54, 1.807) is 0 Å². The van der Waals surface area contributed by atoms with Crippen molar-refractivity contribution < 1.29 is 86.0 Å². The maximum atomic E-state index is 8.51. The Balaban J connectivity index is 2.59. The molecule has 0 aliphatic rings.